The molecular formula is C19H24F3NO6. The number of alkyl halides is 3. The summed E-state index contributed by atoms with van der Waals surface area (Å²) < 4.78 is 54.4. The first-order valence-electron chi connectivity index (χ1n) is 9.45. The van der Waals surface area contributed by atoms with Gasteiger partial charge in [-0.3, -0.25) is 4.90 Å². The van der Waals surface area contributed by atoms with Crippen molar-refractivity contribution < 1.29 is 42.0 Å². The van der Waals surface area contributed by atoms with Gasteiger partial charge < -0.3 is 24.1 Å². The van der Waals surface area contributed by atoms with Gasteiger partial charge in [0.25, 0.3) is 0 Å². The lowest BCUT2D eigenvalue weighted by Gasteiger charge is -2.39. The number of carboxylic acid groups (broad SMARTS) is 1. The SMILES string of the molecule is CCO[C@@H]1CC[C@H]2[C@H]1OCCN2Cc1ccc2c(c1)OCO2.O=C(O)C(F)(F)F. The number of fused-ring (bicyclic) bond motifs is 2. The highest BCUT2D eigenvalue weighted by Gasteiger charge is 2.43. The molecule has 10 heteroatoms. The number of rotatable bonds is 4. The van der Waals surface area contributed by atoms with Gasteiger partial charge in [-0.1, -0.05) is 6.07 Å². The minimum Gasteiger partial charge on any atom is -0.475 e. The van der Waals surface area contributed by atoms with E-state index in [0.29, 0.717) is 12.8 Å². The Morgan fingerprint density at radius 1 is 1.28 bits per heavy atom. The minimum atomic E-state index is -5.08. The van der Waals surface area contributed by atoms with Gasteiger partial charge in [0, 0.05) is 25.7 Å². The molecule has 3 atom stereocenters. The van der Waals surface area contributed by atoms with E-state index in [0.717, 1.165) is 50.6 Å². The molecule has 0 radical (unpaired) electrons. The van der Waals surface area contributed by atoms with Crippen molar-refractivity contribution in [1.29, 1.82) is 0 Å². The summed E-state index contributed by atoms with van der Waals surface area (Å²) in [6.45, 7) is 5.85. The zero-order valence-corrected chi connectivity index (χ0v) is 16.0. The first-order chi connectivity index (χ1) is 13.8. The summed E-state index contributed by atoms with van der Waals surface area (Å²) in [5.41, 5.74) is 1.27. The third-order valence-electron chi connectivity index (χ3n) is 5.10. The maximum atomic E-state index is 10.6. The quantitative estimate of drug-likeness (QED) is 0.804. The van der Waals surface area contributed by atoms with Crippen LogP contribution in [0.3, 0.4) is 0 Å². The van der Waals surface area contributed by atoms with Crippen molar-refractivity contribution in [3.8, 4) is 11.5 Å². The molecule has 2 aliphatic heterocycles. The zero-order valence-electron chi connectivity index (χ0n) is 16.0. The lowest BCUT2D eigenvalue weighted by molar-refractivity contribution is -0.192. The second-order valence-electron chi connectivity index (χ2n) is 6.93. The zero-order chi connectivity index (χ0) is 21.0. The van der Waals surface area contributed by atoms with Gasteiger partial charge >= 0.3 is 12.1 Å². The van der Waals surface area contributed by atoms with Crippen LogP contribution in [0, 0.1) is 0 Å². The van der Waals surface area contributed by atoms with Crippen molar-refractivity contribution in [2.45, 2.75) is 50.7 Å². The van der Waals surface area contributed by atoms with Crippen molar-refractivity contribution in [1.82, 2.24) is 4.90 Å². The number of morpholine rings is 1. The first kappa shape index (κ1) is 21.7. The summed E-state index contributed by atoms with van der Waals surface area (Å²) in [5.74, 6) is -1.05. The van der Waals surface area contributed by atoms with E-state index in [1.807, 2.05) is 6.07 Å². The molecular weight excluding hydrogens is 395 g/mol. The predicted octanol–water partition coefficient (Wildman–Crippen LogP) is 2.82. The summed E-state index contributed by atoms with van der Waals surface area (Å²) in [7, 11) is 0. The van der Waals surface area contributed by atoms with E-state index in [-0.39, 0.29) is 12.2 Å². The van der Waals surface area contributed by atoms with Crippen LogP contribution in [0.4, 0.5) is 13.2 Å². The van der Waals surface area contributed by atoms with Gasteiger partial charge in [0.15, 0.2) is 11.5 Å². The van der Waals surface area contributed by atoms with Gasteiger partial charge in [-0.2, -0.15) is 13.2 Å². The van der Waals surface area contributed by atoms with Crippen LogP contribution in [0.15, 0.2) is 18.2 Å². The molecule has 1 aromatic carbocycles. The third-order valence-corrected chi connectivity index (χ3v) is 5.10. The molecule has 0 bridgehead atoms. The Morgan fingerprint density at radius 3 is 2.69 bits per heavy atom. The lowest BCUT2D eigenvalue weighted by Crippen LogP contribution is -2.51. The van der Waals surface area contributed by atoms with Crippen LogP contribution in [0.2, 0.25) is 0 Å². The monoisotopic (exact) mass is 419 g/mol. The van der Waals surface area contributed by atoms with Crippen molar-refractivity contribution in [3.05, 3.63) is 23.8 Å². The number of ether oxygens (including phenoxy) is 4. The fourth-order valence-electron chi connectivity index (χ4n) is 3.85. The van der Waals surface area contributed by atoms with E-state index in [4.69, 9.17) is 28.8 Å². The smallest absolute Gasteiger partial charge is 0.475 e. The van der Waals surface area contributed by atoms with Gasteiger partial charge in [0.2, 0.25) is 6.79 Å². The number of carbonyl (C=O) groups is 1. The fraction of sp³-hybridized carbons (Fsp3) is 0.632. The van der Waals surface area contributed by atoms with Gasteiger partial charge in [-0.05, 0) is 37.5 Å². The number of carboxylic acids is 1. The van der Waals surface area contributed by atoms with Crippen LogP contribution in [-0.4, -0.2) is 67.0 Å². The standard InChI is InChI=1S/C17H23NO4.C2HF3O2/c1-2-19-15-6-4-13-17(15)20-8-7-18(13)10-12-3-5-14-16(9-12)22-11-21-14;3-2(4,5)1(6)7/h3,5,9,13,15,17H,2,4,6-8,10-11H2,1H3;(H,6,7)/t13-,15+,17+;/m0./s1. The normalized spacial score (nSPS) is 25.9. The molecule has 29 heavy (non-hydrogen) atoms. The number of hydrogen-bond acceptors (Lipinski definition) is 6. The molecule has 1 aromatic rings. The Bertz CT molecular complexity index is 714. The fourth-order valence-corrected chi connectivity index (χ4v) is 3.85. The van der Waals surface area contributed by atoms with Crippen LogP contribution in [0.1, 0.15) is 25.3 Å². The van der Waals surface area contributed by atoms with E-state index in [1.54, 1.807) is 0 Å². The second-order valence-corrected chi connectivity index (χ2v) is 6.93. The topological polar surface area (TPSA) is 77.5 Å². The Balaban J connectivity index is 0.000000298. The van der Waals surface area contributed by atoms with Gasteiger partial charge in [-0.15, -0.1) is 0 Å². The van der Waals surface area contributed by atoms with E-state index >= 15 is 0 Å². The Morgan fingerprint density at radius 2 is 2.00 bits per heavy atom. The van der Waals surface area contributed by atoms with Gasteiger partial charge in [0.1, 0.15) is 0 Å². The summed E-state index contributed by atoms with van der Waals surface area (Å²) in [6, 6.07) is 6.71. The van der Waals surface area contributed by atoms with Crippen LogP contribution >= 0.6 is 0 Å². The van der Waals surface area contributed by atoms with E-state index in [9.17, 15) is 13.2 Å². The molecule has 3 aliphatic rings. The number of aliphatic carboxylic acids is 1. The molecule has 0 amide bonds. The molecule has 0 unspecified atom stereocenters. The van der Waals surface area contributed by atoms with E-state index in [2.05, 4.69) is 24.0 Å². The maximum Gasteiger partial charge on any atom is 0.490 e. The third kappa shape index (κ3) is 5.31. The largest absolute Gasteiger partial charge is 0.490 e. The Hall–Kier alpha value is -2.04. The number of hydrogen-bond donors (Lipinski definition) is 1. The number of halogens is 3. The molecule has 1 saturated carbocycles. The summed E-state index contributed by atoms with van der Waals surface area (Å²) in [4.78, 5) is 11.4. The van der Waals surface area contributed by atoms with Crippen molar-refractivity contribution in [2.75, 3.05) is 26.6 Å². The summed E-state index contributed by atoms with van der Waals surface area (Å²) in [6.07, 6.45) is -2.35. The second kappa shape index (κ2) is 9.19. The van der Waals surface area contributed by atoms with Crippen LogP contribution in [0.25, 0.3) is 0 Å². The molecule has 1 saturated heterocycles. The molecule has 7 nitrogen and oxygen atoms in total. The van der Waals surface area contributed by atoms with Crippen molar-refractivity contribution >= 4 is 5.97 Å². The molecule has 162 valence electrons. The lowest BCUT2D eigenvalue weighted by atomic mass is 10.1. The number of nitrogens with zero attached hydrogens (tertiary/aromatic N) is 1. The van der Waals surface area contributed by atoms with E-state index in [1.165, 1.54) is 5.56 Å². The molecule has 2 heterocycles. The van der Waals surface area contributed by atoms with Gasteiger partial charge in [-0.25, -0.2) is 4.79 Å². The maximum absolute atomic E-state index is 10.6. The number of benzene rings is 1. The molecule has 0 spiro atoms. The molecule has 1 N–H and O–H groups in total. The minimum absolute atomic E-state index is 0.225. The average Bonchev–Trinajstić information content (AvgIpc) is 3.29. The van der Waals surface area contributed by atoms with E-state index < -0.39 is 12.1 Å². The van der Waals surface area contributed by atoms with Crippen molar-refractivity contribution in [3.63, 3.8) is 0 Å². The van der Waals surface area contributed by atoms with Crippen LogP contribution < -0.4 is 9.47 Å². The Labute approximate surface area is 166 Å². The summed E-state index contributed by atoms with van der Waals surface area (Å²) in [5, 5.41) is 7.12. The van der Waals surface area contributed by atoms with Crippen LogP contribution in [-0.2, 0) is 20.8 Å². The Kier molecular flexibility index (Phi) is 6.86. The predicted molar refractivity (Wildman–Crippen MR) is 94.8 cm³/mol. The highest BCUT2D eigenvalue weighted by atomic mass is 19.4. The van der Waals surface area contributed by atoms with Crippen LogP contribution in [0.5, 0.6) is 11.5 Å². The summed E-state index contributed by atoms with van der Waals surface area (Å²) >= 11 is 0. The highest BCUT2D eigenvalue weighted by molar-refractivity contribution is 5.73. The molecule has 4 rings (SSSR count). The first-order valence-corrected chi connectivity index (χ1v) is 9.45. The highest BCUT2D eigenvalue weighted by Crippen LogP contribution is 2.35. The molecule has 0 aromatic heterocycles. The van der Waals surface area contributed by atoms with Gasteiger partial charge in [0.05, 0.1) is 18.8 Å². The van der Waals surface area contributed by atoms with Crippen molar-refractivity contribution in [2.24, 2.45) is 0 Å². The molecule has 2 fully saturated rings. The molecule has 1 aliphatic carbocycles. The average molecular weight is 419 g/mol.